The third-order valence-electron chi connectivity index (χ3n) is 3.97. The average molecular weight is 382 g/mol. The summed E-state index contributed by atoms with van der Waals surface area (Å²) in [6, 6.07) is 7.10. The highest BCUT2D eigenvalue weighted by molar-refractivity contribution is 5.95. The molecule has 2 aromatic rings. The van der Waals surface area contributed by atoms with Crippen molar-refractivity contribution in [1.29, 1.82) is 0 Å². The van der Waals surface area contributed by atoms with Crippen LogP contribution in [0, 0.1) is 5.92 Å². The van der Waals surface area contributed by atoms with Crippen LogP contribution < -0.4 is 10.6 Å². The van der Waals surface area contributed by atoms with Crippen LogP contribution in [0.3, 0.4) is 0 Å². The van der Waals surface area contributed by atoms with Crippen LogP contribution in [0.5, 0.6) is 0 Å². The van der Waals surface area contributed by atoms with Crippen LogP contribution in [-0.2, 0) is 17.4 Å². The summed E-state index contributed by atoms with van der Waals surface area (Å²) in [6.45, 7) is 3.83. The monoisotopic (exact) mass is 382 g/mol. The molecule has 27 heavy (non-hydrogen) atoms. The highest BCUT2D eigenvalue weighted by atomic mass is 19.4. The van der Waals surface area contributed by atoms with E-state index in [9.17, 15) is 22.8 Å². The predicted molar refractivity (Wildman–Crippen MR) is 93.0 cm³/mol. The molecule has 2 N–H and O–H groups in total. The van der Waals surface area contributed by atoms with Crippen molar-refractivity contribution in [3.63, 3.8) is 0 Å². The van der Waals surface area contributed by atoms with Gasteiger partial charge in [0, 0.05) is 6.54 Å². The zero-order valence-electron chi connectivity index (χ0n) is 15.0. The molecule has 1 aromatic heterocycles. The lowest BCUT2D eigenvalue weighted by Crippen LogP contribution is -2.50. The van der Waals surface area contributed by atoms with E-state index >= 15 is 0 Å². The Morgan fingerprint density at radius 2 is 1.78 bits per heavy atom. The van der Waals surface area contributed by atoms with E-state index in [1.54, 1.807) is 19.9 Å². The molecule has 0 aliphatic heterocycles. The van der Waals surface area contributed by atoms with Gasteiger partial charge >= 0.3 is 6.18 Å². The highest BCUT2D eigenvalue weighted by Crippen LogP contribution is 2.29. The molecule has 0 aliphatic carbocycles. The van der Waals surface area contributed by atoms with Crippen molar-refractivity contribution in [2.24, 2.45) is 5.92 Å². The smallest absolute Gasteiger partial charge is 0.416 e. The van der Waals surface area contributed by atoms with E-state index in [4.69, 9.17) is 4.42 Å². The van der Waals surface area contributed by atoms with Crippen LogP contribution in [0.1, 0.15) is 35.5 Å². The van der Waals surface area contributed by atoms with Crippen molar-refractivity contribution in [3.8, 4) is 0 Å². The molecule has 0 fully saturated rings. The van der Waals surface area contributed by atoms with Gasteiger partial charge in [0.1, 0.15) is 6.04 Å². The van der Waals surface area contributed by atoms with Crippen molar-refractivity contribution in [3.05, 3.63) is 59.5 Å². The Labute approximate surface area is 154 Å². The summed E-state index contributed by atoms with van der Waals surface area (Å²) < 4.78 is 42.7. The Morgan fingerprint density at radius 1 is 1.11 bits per heavy atom. The fourth-order valence-electron chi connectivity index (χ4n) is 2.46. The second-order valence-electron chi connectivity index (χ2n) is 6.41. The lowest BCUT2D eigenvalue weighted by atomic mass is 10.0. The van der Waals surface area contributed by atoms with Crippen LogP contribution >= 0.6 is 0 Å². The molecule has 2 rings (SSSR count). The number of nitrogens with one attached hydrogen (secondary N) is 2. The number of rotatable bonds is 7. The first-order valence-corrected chi connectivity index (χ1v) is 8.46. The average Bonchev–Trinajstić information content (AvgIpc) is 3.13. The molecule has 0 spiro atoms. The standard InChI is InChI=1S/C19H21F3N2O3/c1-12(2)16(24-17(25)15-4-3-11-27-15)18(26)23-10-9-13-5-7-14(8-6-13)19(20,21)22/h3-8,11-12,16H,9-10H2,1-2H3,(H,23,26)(H,24,25). The van der Waals surface area contributed by atoms with Gasteiger partial charge in [0.25, 0.3) is 5.91 Å². The van der Waals surface area contributed by atoms with Crippen molar-refractivity contribution in [1.82, 2.24) is 10.6 Å². The number of hydrogen-bond donors (Lipinski definition) is 2. The molecule has 1 atom stereocenters. The third kappa shape index (κ3) is 5.87. The van der Waals surface area contributed by atoms with Crippen LogP contribution in [0.25, 0.3) is 0 Å². The number of benzene rings is 1. The Hall–Kier alpha value is -2.77. The summed E-state index contributed by atoms with van der Waals surface area (Å²) >= 11 is 0. The van der Waals surface area contributed by atoms with Gasteiger partial charge in [-0.05, 0) is 42.2 Å². The van der Waals surface area contributed by atoms with Gasteiger partial charge in [-0.15, -0.1) is 0 Å². The largest absolute Gasteiger partial charge is 0.459 e. The molecule has 0 saturated heterocycles. The van der Waals surface area contributed by atoms with Crippen molar-refractivity contribution < 1.29 is 27.2 Å². The van der Waals surface area contributed by atoms with Crippen molar-refractivity contribution >= 4 is 11.8 Å². The molecule has 5 nitrogen and oxygen atoms in total. The van der Waals surface area contributed by atoms with Crippen LogP contribution in [0.2, 0.25) is 0 Å². The molecule has 8 heteroatoms. The fraction of sp³-hybridized carbons (Fsp3) is 0.368. The SMILES string of the molecule is CC(C)C(NC(=O)c1ccco1)C(=O)NCCc1ccc(C(F)(F)F)cc1. The van der Waals surface area contributed by atoms with Crippen molar-refractivity contribution in [2.45, 2.75) is 32.5 Å². The van der Waals surface area contributed by atoms with E-state index in [0.717, 1.165) is 12.1 Å². The van der Waals surface area contributed by atoms with E-state index in [1.807, 2.05) is 0 Å². The number of carbonyl (C=O) groups is 2. The zero-order valence-corrected chi connectivity index (χ0v) is 15.0. The first kappa shape index (κ1) is 20.5. The first-order valence-electron chi connectivity index (χ1n) is 8.46. The minimum Gasteiger partial charge on any atom is -0.459 e. The summed E-state index contributed by atoms with van der Waals surface area (Å²) in [7, 11) is 0. The molecule has 0 radical (unpaired) electrons. The van der Waals surface area contributed by atoms with Crippen molar-refractivity contribution in [2.75, 3.05) is 6.54 Å². The van der Waals surface area contributed by atoms with Crippen LogP contribution in [0.4, 0.5) is 13.2 Å². The Morgan fingerprint density at radius 3 is 2.30 bits per heavy atom. The number of furan rings is 1. The summed E-state index contributed by atoms with van der Waals surface area (Å²) in [4.78, 5) is 24.4. The highest BCUT2D eigenvalue weighted by Gasteiger charge is 2.30. The second kappa shape index (κ2) is 8.75. The van der Waals surface area contributed by atoms with Gasteiger partial charge in [0.2, 0.25) is 5.91 Å². The molecule has 1 unspecified atom stereocenters. The molecule has 1 aromatic carbocycles. The van der Waals surface area contributed by atoms with Crippen LogP contribution in [0.15, 0.2) is 47.1 Å². The summed E-state index contributed by atoms with van der Waals surface area (Å²) in [6.07, 6.45) is -2.63. The maximum absolute atomic E-state index is 12.5. The number of hydrogen-bond acceptors (Lipinski definition) is 3. The Balaban J connectivity index is 1.87. The minimum atomic E-state index is -4.37. The van der Waals surface area contributed by atoms with E-state index in [0.29, 0.717) is 12.0 Å². The molecule has 0 saturated carbocycles. The van der Waals surface area contributed by atoms with Gasteiger partial charge in [0.05, 0.1) is 11.8 Å². The normalized spacial score (nSPS) is 12.7. The Bertz CT molecular complexity index is 754. The Kier molecular flexibility index (Phi) is 6.65. The van der Waals surface area contributed by atoms with E-state index in [2.05, 4.69) is 10.6 Å². The predicted octanol–water partition coefficient (Wildman–Crippen LogP) is 3.41. The molecular weight excluding hydrogens is 361 g/mol. The maximum atomic E-state index is 12.5. The van der Waals surface area contributed by atoms with E-state index in [-0.39, 0.29) is 24.1 Å². The molecule has 0 bridgehead atoms. The first-order chi connectivity index (χ1) is 12.7. The zero-order chi connectivity index (χ0) is 20.0. The lowest BCUT2D eigenvalue weighted by molar-refractivity contribution is -0.137. The molecule has 2 amide bonds. The van der Waals surface area contributed by atoms with Gasteiger partial charge in [-0.2, -0.15) is 13.2 Å². The quantitative estimate of drug-likeness (QED) is 0.771. The lowest BCUT2D eigenvalue weighted by Gasteiger charge is -2.21. The van der Waals surface area contributed by atoms with Gasteiger partial charge in [0.15, 0.2) is 5.76 Å². The molecular formula is C19H21F3N2O3. The molecule has 1 heterocycles. The van der Waals surface area contributed by atoms with E-state index < -0.39 is 23.7 Å². The fourth-order valence-corrected chi connectivity index (χ4v) is 2.46. The number of amides is 2. The minimum absolute atomic E-state index is 0.109. The summed E-state index contributed by atoms with van der Waals surface area (Å²) in [5.41, 5.74) is -0.0418. The summed E-state index contributed by atoms with van der Waals surface area (Å²) in [5, 5.41) is 5.32. The maximum Gasteiger partial charge on any atom is 0.416 e. The number of halogens is 3. The van der Waals surface area contributed by atoms with Crippen LogP contribution in [-0.4, -0.2) is 24.4 Å². The van der Waals surface area contributed by atoms with Gasteiger partial charge in [-0.1, -0.05) is 26.0 Å². The topological polar surface area (TPSA) is 71.3 Å². The second-order valence-corrected chi connectivity index (χ2v) is 6.41. The molecule has 0 aliphatic rings. The molecule has 146 valence electrons. The summed E-state index contributed by atoms with van der Waals surface area (Å²) in [5.74, 6) is -0.901. The third-order valence-corrected chi connectivity index (χ3v) is 3.97. The van der Waals surface area contributed by atoms with Gasteiger partial charge in [-0.3, -0.25) is 9.59 Å². The van der Waals surface area contributed by atoms with E-state index in [1.165, 1.54) is 24.5 Å². The van der Waals surface area contributed by atoms with Gasteiger partial charge < -0.3 is 15.1 Å². The number of carbonyl (C=O) groups excluding carboxylic acids is 2. The van der Waals surface area contributed by atoms with Gasteiger partial charge in [-0.25, -0.2) is 0 Å². The number of alkyl halides is 3.